The molecule has 1 aromatic carbocycles. The molecule has 0 aliphatic carbocycles. The van der Waals surface area contributed by atoms with Crippen molar-refractivity contribution in [3.05, 3.63) is 81.9 Å². The Bertz CT molecular complexity index is 766. The maximum Gasteiger partial charge on any atom is 0.318 e. The van der Waals surface area contributed by atoms with E-state index in [1.165, 1.54) is 4.88 Å². The Labute approximate surface area is 145 Å². The third kappa shape index (κ3) is 4.49. The summed E-state index contributed by atoms with van der Waals surface area (Å²) < 4.78 is 5.40. The maximum absolute atomic E-state index is 12.6. The Morgan fingerprint density at radius 3 is 2.58 bits per heavy atom. The molecule has 0 unspecified atom stereocenters. The summed E-state index contributed by atoms with van der Waals surface area (Å²) >= 11 is 1.70. The second-order valence-corrected chi connectivity index (χ2v) is 6.96. The van der Waals surface area contributed by atoms with Crippen LogP contribution in [0, 0.1) is 6.92 Å². The van der Waals surface area contributed by atoms with Gasteiger partial charge in [-0.25, -0.2) is 4.79 Å². The fraction of sp³-hybridized carbons (Fsp3) is 0.211. The standard InChI is InChI=1S/C19H20N2O2S/c1-15-9-10-18(24-15)12-20-19(22)21(14-17-8-5-11-23-17)13-16-6-3-2-4-7-16/h2-11H,12-14H2,1H3,(H,20,22). The van der Waals surface area contributed by atoms with Gasteiger partial charge in [-0.2, -0.15) is 0 Å². The zero-order chi connectivity index (χ0) is 16.8. The van der Waals surface area contributed by atoms with Crippen molar-refractivity contribution in [3.63, 3.8) is 0 Å². The molecule has 0 radical (unpaired) electrons. The van der Waals surface area contributed by atoms with Crippen LogP contribution in [-0.2, 0) is 19.6 Å². The van der Waals surface area contributed by atoms with Gasteiger partial charge < -0.3 is 14.6 Å². The SMILES string of the molecule is Cc1ccc(CNC(=O)N(Cc2ccccc2)Cc2ccco2)s1. The summed E-state index contributed by atoms with van der Waals surface area (Å²) in [6.45, 7) is 3.59. The lowest BCUT2D eigenvalue weighted by Crippen LogP contribution is -2.38. The molecule has 3 aromatic rings. The first-order valence-corrected chi connectivity index (χ1v) is 8.67. The van der Waals surface area contributed by atoms with Crippen molar-refractivity contribution in [1.82, 2.24) is 10.2 Å². The molecule has 3 rings (SSSR count). The van der Waals surface area contributed by atoms with E-state index in [9.17, 15) is 4.79 Å². The van der Waals surface area contributed by atoms with Crippen molar-refractivity contribution >= 4 is 17.4 Å². The predicted octanol–water partition coefficient (Wildman–Crippen LogP) is 4.56. The van der Waals surface area contributed by atoms with Crippen LogP contribution in [0.4, 0.5) is 4.79 Å². The van der Waals surface area contributed by atoms with Crippen LogP contribution in [0.3, 0.4) is 0 Å². The molecule has 5 heteroatoms. The van der Waals surface area contributed by atoms with Crippen LogP contribution >= 0.6 is 11.3 Å². The molecule has 0 saturated carbocycles. The number of furan rings is 1. The molecule has 2 heterocycles. The molecule has 4 nitrogen and oxygen atoms in total. The Balaban J connectivity index is 1.66. The highest BCUT2D eigenvalue weighted by atomic mass is 32.1. The molecule has 0 saturated heterocycles. The highest BCUT2D eigenvalue weighted by Gasteiger charge is 2.16. The fourth-order valence-electron chi connectivity index (χ4n) is 2.45. The van der Waals surface area contributed by atoms with E-state index in [2.05, 4.69) is 18.3 Å². The first-order chi connectivity index (χ1) is 11.7. The number of nitrogens with zero attached hydrogens (tertiary/aromatic N) is 1. The molecule has 2 aromatic heterocycles. The topological polar surface area (TPSA) is 45.5 Å². The monoisotopic (exact) mass is 340 g/mol. The molecule has 0 atom stereocenters. The summed E-state index contributed by atoms with van der Waals surface area (Å²) in [5, 5.41) is 3.00. The number of urea groups is 1. The number of hydrogen-bond acceptors (Lipinski definition) is 3. The van der Waals surface area contributed by atoms with Gasteiger partial charge >= 0.3 is 6.03 Å². The van der Waals surface area contributed by atoms with E-state index in [1.54, 1.807) is 22.5 Å². The van der Waals surface area contributed by atoms with Gasteiger partial charge in [0.2, 0.25) is 0 Å². The largest absolute Gasteiger partial charge is 0.467 e. The van der Waals surface area contributed by atoms with E-state index in [0.29, 0.717) is 19.6 Å². The van der Waals surface area contributed by atoms with E-state index in [0.717, 1.165) is 16.2 Å². The van der Waals surface area contributed by atoms with E-state index in [1.807, 2.05) is 48.5 Å². The van der Waals surface area contributed by atoms with Crippen LogP contribution in [0.5, 0.6) is 0 Å². The molecular formula is C19H20N2O2S. The lowest BCUT2D eigenvalue weighted by molar-refractivity contribution is 0.187. The normalized spacial score (nSPS) is 10.5. The quantitative estimate of drug-likeness (QED) is 0.715. The number of thiophene rings is 1. The smallest absolute Gasteiger partial charge is 0.318 e. The summed E-state index contributed by atoms with van der Waals surface area (Å²) in [5.74, 6) is 0.771. The molecule has 24 heavy (non-hydrogen) atoms. The van der Waals surface area contributed by atoms with Gasteiger partial charge in [0, 0.05) is 16.3 Å². The van der Waals surface area contributed by atoms with Crippen LogP contribution < -0.4 is 5.32 Å². The highest BCUT2D eigenvalue weighted by Crippen LogP contribution is 2.15. The van der Waals surface area contributed by atoms with Gasteiger partial charge in [-0.3, -0.25) is 0 Å². The first kappa shape index (κ1) is 16.3. The number of aryl methyl sites for hydroxylation is 1. The summed E-state index contributed by atoms with van der Waals surface area (Å²) in [4.78, 5) is 16.8. The number of rotatable bonds is 6. The van der Waals surface area contributed by atoms with E-state index in [-0.39, 0.29) is 6.03 Å². The van der Waals surface area contributed by atoms with Gasteiger partial charge in [-0.1, -0.05) is 30.3 Å². The second-order valence-electron chi connectivity index (χ2n) is 5.59. The summed E-state index contributed by atoms with van der Waals surface area (Å²) in [6, 6.07) is 17.7. The number of nitrogens with one attached hydrogen (secondary N) is 1. The Morgan fingerprint density at radius 1 is 1.08 bits per heavy atom. The summed E-state index contributed by atoms with van der Waals surface area (Å²) in [7, 11) is 0. The third-order valence-corrected chi connectivity index (χ3v) is 4.64. The lowest BCUT2D eigenvalue weighted by Gasteiger charge is -2.22. The van der Waals surface area contributed by atoms with Crippen molar-refractivity contribution in [3.8, 4) is 0 Å². The molecule has 0 fully saturated rings. The summed E-state index contributed by atoms with van der Waals surface area (Å²) in [5.41, 5.74) is 1.09. The van der Waals surface area contributed by atoms with E-state index < -0.39 is 0 Å². The van der Waals surface area contributed by atoms with Crippen LogP contribution in [0.2, 0.25) is 0 Å². The number of carbonyl (C=O) groups excluding carboxylic acids is 1. The molecular weight excluding hydrogens is 320 g/mol. The van der Waals surface area contributed by atoms with Crippen LogP contribution in [0.1, 0.15) is 21.1 Å². The molecule has 1 N–H and O–H groups in total. The van der Waals surface area contributed by atoms with Crippen molar-refractivity contribution in [2.75, 3.05) is 0 Å². The zero-order valence-electron chi connectivity index (χ0n) is 13.6. The minimum atomic E-state index is -0.0960. The Hall–Kier alpha value is -2.53. The minimum absolute atomic E-state index is 0.0960. The molecule has 0 spiro atoms. The maximum atomic E-state index is 12.6. The van der Waals surface area contributed by atoms with Crippen molar-refractivity contribution in [2.24, 2.45) is 0 Å². The Morgan fingerprint density at radius 2 is 1.92 bits per heavy atom. The van der Waals surface area contributed by atoms with Crippen LogP contribution in [0.25, 0.3) is 0 Å². The minimum Gasteiger partial charge on any atom is -0.467 e. The fourth-order valence-corrected chi connectivity index (χ4v) is 3.28. The van der Waals surface area contributed by atoms with Crippen molar-refractivity contribution < 1.29 is 9.21 Å². The molecule has 0 bridgehead atoms. The predicted molar refractivity (Wildman–Crippen MR) is 95.7 cm³/mol. The number of hydrogen-bond donors (Lipinski definition) is 1. The second kappa shape index (κ2) is 7.84. The summed E-state index contributed by atoms with van der Waals surface area (Å²) in [6.07, 6.45) is 1.63. The van der Waals surface area contributed by atoms with Crippen LogP contribution in [-0.4, -0.2) is 10.9 Å². The molecule has 0 aliphatic rings. The van der Waals surface area contributed by atoms with Crippen molar-refractivity contribution in [1.29, 1.82) is 0 Å². The van der Waals surface area contributed by atoms with Gasteiger partial charge in [-0.15, -0.1) is 11.3 Å². The number of amides is 2. The average Bonchev–Trinajstić information content (AvgIpc) is 3.24. The highest BCUT2D eigenvalue weighted by molar-refractivity contribution is 7.11. The van der Waals surface area contributed by atoms with Gasteiger partial charge in [0.05, 0.1) is 19.4 Å². The van der Waals surface area contributed by atoms with Crippen LogP contribution in [0.15, 0.2) is 65.3 Å². The average molecular weight is 340 g/mol. The number of benzene rings is 1. The number of carbonyl (C=O) groups is 1. The zero-order valence-corrected chi connectivity index (χ0v) is 14.4. The molecule has 124 valence electrons. The molecule has 2 amide bonds. The van der Waals surface area contributed by atoms with Gasteiger partial charge in [0.1, 0.15) is 5.76 Å². The van der Waals surface area contributed by atoms with Gasteiger partial charge in [-0.05, 0) is 36.8 Å². The van der Waals surface area contributed by atoms with Crippen molar-refractivity contribution in [2.45, 2.75) is 26.6 Å². The first-order valence-electron chi connectivity index (χ1n) is 7.85. The van der Waals surface area contributed by atoms with Gasteiger partial charge in [0.25, 0.3) is 0 Å². The van der Waals surface area contributed by atoms with Gasteiger partial charge in [0.15, 0.2) is 0 Å². The Kier molecular flexibility index (Phi) is 5.33. The molecule has 0 aliphatic heterocycles. The lowest BCUT2D eigenvalue weighted by atomic mass is 10.2. The van der Waals surface area contributed by atoms with E-state index in [4.69, 9.17) is 4.42 Å². The third-order valence-electron chi connectivity index (χ3n) is 3.64. The van der Waals surface area contributed by atoms with E-state index >= 15 is 0 Å².